The minimum atomic E-state index is -1.32. The first-order chi connectivity index (χ1) is 15.7. The van der Waals surface area contributed by atoms with Gasteiger partial charge in [0.2, 0.25) is 0 Å². The van der Waals surface area contributed by atoms with Gasteiger partial charge in [-0.1, -0.05) is 5.16 Å². The molecule has 2 aromatic carbocycles. The van der Waals surface area contributed by atoms with Gasteiger partial charge in [-0.3, -0.25) is 4.79 Å². The van der Waals surface area contributed by atoms with Gasteiger partial charge in [-0.05, 0) is 56.3 Å². The van der Waals surface area contributed by atoms with Crippen molar-refractivity contribution in [3.8, 4) is 11.3 Å². The van der Waals surface area contributed by atoms with E-state index in [1.165, 1.54) is 37.3 Å². The topological polar surface area (TPSA) is 94.3 Å². The van der Waals surface area contributed by atoms with Crippen LogP contribution in [-0.2, 0) is 9.53 Å². The van der Waals surface area contributed by atoms with Gasteiger partial charge in [0.25, 0.3) is 11.6 Å². The number of anilines is 1. The van der Waals surface area contributed by atoms with E-state index in [1.54, 1.807) is 6.92 Å². The number of aryl methyl sites for hydroxylation is 1. The van der Waals surface area contributed by atoms with E-state index in [1.807, 2.05) is 0 Å². The molecule has 1 N–H and O–H groups in total. The highest BCUT2D eigenvalue weighted by Gasteiger charge is 2.25. The Balaban J connectivity index is 1.61. The molecule has 1 amide bonds. The third kappa shape index (κ3) is 4.54. The second-order valence-corrected chi connectivity index (χ2v) is 7.17. The van der Waals surface area contributed by atoms with Crippen molar-refractivity contribution in [3.05, 3.63) is 77.2 Å². The molecule has 7 nitrogen and oxygen atoms in total. The number of ether oxygens (including phenoxy) is 1. The lowest BCUT2D eigenvalue weighted by Gasteiger charge is -2.14. The van der Waals surface area contributed by atoms with Gasteiger partial charge in [0, 0.05) is 11.6 Å². The number of aromatic nitrogens is 2. The highest BCUT2D eigenvalue weighted by Crippen LogP contribution is 2.28. The molecule has 0 fully saturated rings. The Morgan fingerprint density at radius 3 is 2.42 bits per heavy atom. The third-order valence-corrected chi connectivity index (χ3v) is 4.82. The van der Waals surface area contributed by atoms with Crippen LogP contribution in [0.4, 0.5) is 18.9 Å². The molecule has 0 spiro atoms. The predicted octanol–water partition coefficient (Wildman–Crippen LogP) is 4.80. The van der Waals surface area contributed by atoms with Crippen LogP contribution in [0.25, 0.3) is 22.4 Å². The number of hydrogen-bond donors (Lipinski definition) is 1. The Labute approximate surface area is 185 Å². The number of hydrogen-bond acceptors (Lipinski definition) is 6. The lowest BCUT2D eigenvalue weighted by atomic mass is 10.1. The lowest BCUT2D eigenvalue weighted by Crippen LogP contribution is -2.30. The van der Waals surface area contributed by atoms with E-state index in [0.717, 1.165) is 12.1 Å². The number of rotatable bonds is 5. The Hall–Kier alpha value is -4.21. The molecule has 168 valence electrons. The zero-order valence-corrected chi connectivity index (χ0v) is 17.4. The van der Waals surface area contributed by atoms with Crippen molar-refractivity contribution in [2.75, 3.05) is 5.32 Å². The van der Waals surface area contributed by atoms with Gasteiger partial charge in [0.05, 0.1) is 28.0 Å². The normalized spacial score (nSPS) is 11.9. The predicted molar refractivity (Wildman–Crippen MR) is 112 cm³/mol. The summed E-state index contributed by atoms with van der Waals surface area (Å²) in [4.78, 5) is 29.6. The molecule has 0 radical (unpaired) electrons. The largest absolute Gasteiger partial charge is 0.449 e. The van der Waals surface area contributed by atoms with E-state index >= 15 is 0 Å². The van der Waals surface area contributed by atoms with E-state index in [2.05, 4.69) is 15.5 Å². The quantitative estimate of drug-likeness (QED) is 0.435. The molecular weight excluding hydrogens is 439 g/mol. The van der Waals surface area contributed by atoms with Gasteiger partial charge in [-0.15, -0.1) is 0 Å². The molecule has 10 heteroatoms. The summed E-state index contributed by atoms with van der Waals surface area (Å²) in [5.41, 5.74) is 1.03. The van der Waals surface area contributed by atoms with Gasteiger partial charge in [-0.25, -0.2) is 22.9 Å². The summed E-state index contributed by atoms with van der Waals surface area (Å²) in [6.45, 7) is 2.91. The smallest absolute Gasteiger partial charge is 0.339 e. The maximum Gasteiger partial charge on any atom is 0.339 e. The minimum Gasteiger partial charge on any atom is -0.449 e. The zero-order chi connectivity index (χ0) is 23.7. The standard InChI is InChI=1S/C23H16F3N3O4/c1-11-20-16(10-19(28-22(20)33-29-11)13-3-5-14(24)6-4-13)23(31)32-12(2)21(30)27-18-8-7-15(25)9-17(18)26/h3-10,12H,1-2H3,(H,27,30). The highest BCUT2D eigenvalue weighted by molar-refractivity contribution is 6.05. The first kappa shape index (κ1) is 22.0. The molecule has 1 unspecified atom stereocenters. The molecule has 33 heavy (non-hydrogen) atoms. The first-order valence-corrected chi connectivity index (χ1v) is 9.73. The minimum absolute atomic E-state index is 0.0330. The zero-order valence-electron chi connectivity index (χ0n) is 17.4. The van der Waals surface area contributed by atoms with E-state index in [0.29, 0.717) is 28.4 Å². The maximum atomic E-state index is 13.8. The van der Waals surface area contributed by atoms with Gasteiger partial charge >= 0.3 is 5.97 Å². The molecule has 0 saturated carbocycles. The fourth-order valence-corrected chi connectivity index (χ4v) is 3.13. The Bertz CT molecular complexity index is 1370. The number of pyridine rings is 1. The van der Waals surface area contributed by atoms with Crippen molar-refractivity contribution in [2.24, 2.45) is 0 Å². The average Bonchev–Trinajstić information content (AvgIpc) is 3.16. The van der Waals surface area contributed by atoms with Crippen LogP contribution in [0.2, 0.25) is 0 Å². The second-order valence-electron chi connectivity index (χ2n) is 7.17. The summed E-state index contributed by atoms with van der Waals surface area (Å²) in [5, 5.41) is 6.36. The van der Waals surface area contributed by atoms with Crippen molar-refractivity contribution in [3.63, 3.8) is 0 Å². The Morgan fingerprint density at radius 1 is 1.03 bits per heavy atom. The first-order valence-electron chi connectivity index (χ1n) is 9.73. The number of esters is 1. The molecule has 4 rings (SSSR count). The van der Waals surface area contributed by atoms with Crippen LogP contribution in [0.5, 0.6) is 0 Å². The molecule has 0 bridgehead atoms. The van der Waals surface area contributed by atoms with Crippen molar-refractivity contribution in [2.45, 2.75) is 20.0 Å². The summed E-state index contributed by atoms with van der Waals surface area (Å²) < 4.78 is 50.6. The van der Waals surface area contributed by atoms with Crippen molar-refractivity contribution >= 4 is 28.7 Å². The fraction of sp³-hybridized carbons (Fsp3) is 0.130. The molecule has 0 aliphatic rings. The van der Waals surface area contributed by atoms with E-state index < -0.39 is 35.4 Å². The molecule has 0 saturated heterocycles. The van der Waals surface area contributed by atoms with Crippen molar-refractivity contribution in [1.82, 2.24) is 10.1 Å². The number of benzene rings is 2. The fourth-order valence-electron chi connectivity index (χ4n) is 3.13. The lowest BCUT2D eigenvalue weighted by molar-refractivity contribution is -0.123. The van der Waals surface area contributed by atoms with E-state index in [9.17, 15) is 22.8 Å². The number of nitrogens with one attached hydrogen (secondary N) is 1. The van der Waals surface area contributed by atoms with Gasteiger partial charge in [0.15, 0.2) is 6.10 Å². The molecule has 4 aromatic rings. The van der Waals surface area contributed by atoms with Gasteiger partial charge < -0.3 is 14.6 Å². The Morgan fingerprint density at radius 2 is 1.73 bits per heavy atom. The average molecular weight is 455 g/mol. The number of nitrogens with zero attached hydrogens (tertiary/aromatic N) is 2. The summed E-state index contributed by atoms with van der Waals surface area (Å²) in [6.07, 6.45) is -1.32. The van der Waals surface area contributed by atoms with Crippen LogP contribution in [0.3, 0.4) is 0 Å². The van der Waals surface area contributed by atoms with E-state index in [-0.39, 0.29) is 17.0 Å². The van der Waals surface area contributed by atoms with Crippen LogP contribution in [0.1, 0.15) is 23.0 Å². The SMILES string of the molecule is Cc1noc2nc(-c3ccc(F)cc3)cc(C(=O)OC(C)C(=O)Nc3ccc(F)cc3F)c12. The molecule has 1 atom stereocenters. The monoisotopic (exact) mass is 455 g/mol. The second kappa shape index (κ2) is 8.73. The van der Waals surface area contributed by atoms with Crippen LogP contribution >= 0.6 is 0 Å². The van der Waals surface area contributed by atoms with Crippen LogP contribution < -0.4 is 5.32 Å². The van der Waals surface area contributed by atoms with Crippen LogP contribution in [0.15, 0.2) is 53.1 Å². The maximum absolute atomic E-state index is 13.8. The number of carbonyl (C=O) groups excluding carboxylic acids is 2. The molecule has 0 aliphatic carbocycles. The summed E-state index contributed by atoms with van der Waals surface area (Å²) in [7, 11) is 0. The summed E-state index contributed by atoms with van der Waals surface area (Å²) in [5.74, 6) is -3.90. The van der Waals surface area contributed by atoms with E-state index in [4.69, 9.17) is 9.26 Å². The van der Waals surface area contributed by atoms with Gasteiger partial charge in [0.1, 0.15) is 17.5 Å². The molecule has 0 aliphatic heterocycles. The summed E-state index contributed by atoms with van der Waals surface area (Å²) >= 11 is 0. The molecule has 2 heterocycles. The Kier molecular flexibility index (Phi) is 5.82. The summed E-state index contributed by atoms with van der Waals surface area (Å²) in [6, 6.07) is 9.52. The number of halogens is 3. The van der Waals surface area contributed by atoms with Crippen LogP contribution in [-0.4, -0.2) is 28.1 Å². The highest BCUT2D eigenvalue weighted by atomic mass is 19.1. The molecular formula is C23H16F3N3O4. The van der Waals surface area contributed by atoms with Gasteiger partial charge in [-0.2, -0.15) is 0 Å². The van der Waals surface area contributed by atoms with Crippen molar-refractivity contribution in [1.29, 1.82) is 0 Å². The molecule has 2 aromatic heterocycles. The van der Waals surface area contributed by atoms with Crippen LogP contribution in [0, 0.1) is 24.4 Å². The number of fused-ring (bicyclic) bond motifs is 1. The third-order valence-electron chi connectivity index (χ3n) is 4.82. The number of amides is 1. The number of carbonyl (C=O) groups is 2. The van der Waals surface area contributed by atoms with Crippen molar-refractivity contribution < 1.29 is 32.0 Å².